The van der Waals surface area contributed by atoms with E-state index in [0.717, 1.165) is 12.0 Å². The molecule has 3 rings (SSSR count). The Morgan fingerprint density at radius 2 is 1.93 bits per heavy atom. The molecule has 1 amide bonds. The van der Waals surface area contributed by atoms with Crippen molar-refractivity contribution in [2.24, 2.45) is 0 Å². The van der Waals surface area contributed by atoms with Gasteiger partial charge in [-0.05, 0) is 49.6 Å². The molecule has 0 fully saturated rings. The van der Waals surface area contributed by atoms with Gasteiger partial charge >= 0.3 is 5.97 Å². The van der Waals surface area contributed by atoms with E-state index in [1.807, 2.05) is 12.1 Å². The van der Waals surface area contributed by atoms with Crippen molar-refractivity contribution in [3.8, 4) is 5.75 Å². The lowest BCUT2D eigenvalue weighted by Crippen LogP contribution is -2.35. The Morgan fingerprint density at radius 3 is 2.67 bits per heavy atom. The molecule has 1 heterocycles. The summed E-state index contributed by atoms with van der Waals surface area (Å²) in [5, 5.41) is 2.52. The van der Waals surface area contributed by atoms with Gasteiger partial charge in [-0.2, -0.15) is 0 Å². The number of sulfonamides is 1. The Hall–Kier alpha value is -3.07. The minimum atomic E-state index is -3.99. The van der Waals surface area contributed by atoms with Crippen molar-refractivity contribution in [1.82, 2.24) is 5.32 Å². The summed E-state index contributed by atoms with van der Waals surface area (Å²) in [6, 6.07) is 11.4. The number of aryl methyl sites for hydroxylation is 1. The molecule has 1 aliphatic rings. The molecule has 1 aliphatic heterocycles. The zero-order chi connectivity index (χ0) is 21.7. The van der Waals surface area contributed by atoms with E-state index in [9.17, 15) is 18.0 Å². The van der Waals surface area contributed by atoms with Crippen molar-refractivity contribution in [1.29, 1.82) is 0 Å². The van der Waals surface area contributed by atoms with Crippen molar-refractivity contribution in [3.63, 3.8) is 0 Å². The average molecular weight is 432 g/mol. The molecule has 1 N–H and O–H groups in total. The summed E-state index contributed by atoms with van der Waals surface area (Å²) in [5.41, 5.74) is 1.59. The molecule has 2 aromatic rings. The molecule has 0 aliphatic carbocycles. The van der Waals surface area contributed by atoms with E-state index in [-0.39, 0.29) is 16.2 Å². The number of hydrogen-bond acceptors (Lipinski definition) is 6. The highest BCUT2D eigenvalue weighted by Gasteiger charge is 2.32. The maximum Gasteiger partial charge on any atom is 0.338 e. The number of benzene rings is 2. The van der Waals surface area contributed by atoms with Crippen LogP contribution >= 0.6 is 0 Å². The van der Waals surface area contributed by atoms with Gasteiger partial charge < -0.3 is 14.8 Å². The number of amides is 1. The summed E-state index contributed by atoms with van der Waals surface area (Å²) >= 11 is 0. The lowest BCUT2D eigenvalue weighted by Gasteiger charge is -2.30. The molecular weight excluding hydrogens is 408 g/mol. The fourth-order valence-electron chi connectivity index (χ4n) is 3.34. The van der Waals surface area contributed by atoms with Crippen LogP contribution in [0.25, 0.3) is 0 Å². The zero-order valence-electron chi connectivity index (χ0n) is 16.9. The first kappa shape index (κ1) is 21.6. The monoisotopic (exact) mass is 432 g/mol. The number of anilines is 1. The van der Waals surface area contributed by atoms with Crippen LogP contribution in [0.4, 0.5) is 5.69 Å². The number of rotatable bonds is 7. The molecule has 0 saturated carbocycles. The van der Waals surface area contributed by atoms with E-state index in [2.05, 4.69) is 5.32 Å². The number of likely N-dealkylation sites (N-methyl/N-ethyl adjacent to an activating group) is 1. The standard InChI is InChI=1S/C21H24N2O6S/c1-3-22-20(24)14-29-21(25)16-10-11-18(28-2)19(13-16)30(26,27)23-12-6-8-15-7-4-5-9-17(15)23/h4-5,7,9-11,13H,3,6,8,12,14H2,1-2H3,(H,22,24). The molecule has 9 heteroatoms. The van der Waals surface area contributed by atoms with Gasteiger partial charge in [0, 0.05) is 13.1 Å². The summed E-state index contributed by atoms with van der Waals surface area (Å²) in [6.07, 6.45) is 1.48. The van der Waals surface area contributed by atoms with Gasteiger partial charge in [0.1, 0.15) is 10.6 Å². The van der Waals surface area contributed by atoms with Crippen molar-refractivity contribution >= 4 is 27.6 Å². The molecular formula is C21H24N2O6S. The van der Waals surface area contributed by atoms with Crippen LogP contribution in [0.1, 0.15) is 29.3 Å². The lowest BCUT2D eigenvalue weighted by molar-refractivity contribution is -0.124. The quantitative estimate of drug-likeness (QED) is 0.673. The van der Waals surface area contributed by atoms with E-state index in [1.54, 1.807) is 19.1 Å². The van der Waals surface area contributed by atoms with Gasteiger partial charge in [-0.1, -0.05) is 18.2 Å². The van der Waals surface area contributed by atoms with E-state index in [0.29, 0.717) is 25.2 Å². The van der Waals surface area contributed by atoms with Gasteiger partial charge in [0.15, 0.2) is 6.61 Å². The molecule has 0 bridgehead atoms. The smallest absolute Gasteiger partial charge is 0.338 e. The maximum absolute atomic E-state index is 13.5. The molecule has 8 nitrogen and oxygen atoms in total. The SMILES string of the molecule is CCNC(=O)COC(=O)c1ccc(OC)c(S(=O)(=O)N2CCCc3ccccc32)c1. The molecule has 0 spiro atoms. The van der Waals surface area contributed by atoms with Crippen molar-refractivity contribution in [2.45, 2.75) is 24.7 Å². The second-order valence-corrected chi connectivity index (χ2v) is 8.54. The number of methoxy groups -OCH3 is 1. The van der Waals surface area contributed by atoms with Crippen molar-refractivity contribution in [3.05, 3.63) is 53.6 Å². The first-order valence-corrected chi connectivity index (χ1v) is 11.0. The summed E-state index contributed by atoms with van der Waals surface area (Å²) in [7, 11) is -2.63. The number of nitrogens with one attached hydrogen (secondary N) is 1. The number of carbonyl (C=O) groups is 2. The zero-order valence-corrected chi connectivity index (χ0v) is 17.7. The highest BCUT2D eigenvalue weighted by atomic mass is 32.2. The molecule has 0 atom stereocenters. The minimum absolute atomic E-state index is 0.0176. The second-order valence-electron chi connectivity index (χ2n) is 6.70. The molecule has 0 saturated heterocycles. The molecule has 0 aromatic heterocycles. The van der Waals surface area contributed by atoms with E-state index in [1.165, 1.54) is 29.6 Å². The highest BCUT2D eigenvalue weighted by Crippen LogP contribution is 2.35. The predicted octanol–water partition coefficient (Wildman–Crippen LogP) is 2.13. The maximum atomic E-state index is 13.5. The van der Waals surface area contributed by atoms with Gasteiger partial charge in [-0.15, -0.1) is 0 Å². The van der Waals surface area contributed by atoms with Crippen molar-refractivity contribution in [2.75, 3.05) is 31.1 Å². The number of esters is 1. The van der Waals surface area contributed by atoms with Gasteiger partial charge in [0.2, 0.25) is 0 Å². The first-order valence-electron chi connectivity index (χ1n) is 9.61. The Bertz CT molecular complexity index is 1050. The topological polar surface area (TPSA) is 102 Å². The second kappa shape index (κ2) is 9.17. The number of hydrogen-bond donors (Lipinski definition) is 1. The summed E-state index contributed by atoms with van der Waals surface area (Å²) < 4.78 is 38.6. The van der Waals surface area contributed by atoms with Gasteiger partial charge in [-0.3, -0.25) is 9.10 Å². The Labute approximate surface area is 175 Å². The van der Waals surface area contributed by atoms with Crippen LogP contribution in [0, 0.1) is 0 Å². The molecule has 0 radical (unpaired) electrons. The Morgan fingerprint density at radius 1 is 1.17 bits per heavy atom. The molecule has 0 unspecified atom stereocenters. The van der Waals surface area contributed by atoms with Crippen LogP contribution in [0.3, 0.4) is 0 Å². The number of nitrogens with zero attached hydrogens (tertiary/aromatic N) is 1. The first-order chi connectivity index (χ1) is 14.4. The Balaban J connectivity index is 1.94. The van der Waals surface area contributed by atoms with Gasteiger partial charge in [0.05, 0.1) is 18.4 Å². The third kappa shape index (κ3) is 4.40. The van der Waals surface area contributed by atoms with Crippen LogP contribution in [-0.4, -0.2) is 47.1 Å². The molecule has 2 aromatic carbocycles. The highest BCUT2D eigenvalue weighted by molar-refractivity contribution is 7.93. The van der Waals surface area contributed by atoms with Crippen LogP contribution in [0.15, 0.2) is 47.4 Å². The average Bonchev–Trinajstić information content (AvgIpc) is 2.76. The lowest BCUT2D eigenvalue weighted by atomic mass is 10.0. The molecule has 30 heavy (non-hydrogen) atoms. The number of carbonyl (C=O) groups excluding carboxylic acids is 2. The summed E-state index contributed by atoms with van der Waals surface area (Å²) in [4.78, 5) is 23.7. The van der Waals surface area contributed by atoms with E-state index in [4.69, 9.17) is 9.47 Å². The summed E-state index contributed by atoms with van der Waals surface area (Å²) in [6.45, 7) is 2.05. The normalized spacial score (nSPS) is 13.3. The predicted molar refractivity (Wildman–Crippen MR) is 111 cm³/mol. The van der Waals surface area contributed by atoms with Gasteiger partial charge in [-0.25, -0.2) is 13.2 Å². The fourth-order valence-corrected chi connectivity index (χ4v) is 5.06. The third-order valence-electron chi connectivity index (χ3n) is 4.74. The van der Waals surface area contributed by atoms with Crippen LogP contribution < -0.4 is 14.4 Å². The van der Waals surface area contributed by atoms with Crippen LogP contribution in [0.5, 0.6) is 5.75 Å². The summed E-state index contributed by atoms with van der Waals surface area (Å²) in [5.74, 6) is -1.10. The number of ether oxygens (including phenoxy) is 2. The van der Waals surface area contributed by atoms with E-state index >= 15 is 0 Å². The largest absolute Gasteiger partial charge is 0.495 e. The fraction of sp³-hybridized carbons (Fsp3) is 0.333. The molecule has 160 valence electrons. The number of fused-ring (bicyclic) bond motifs is 1. The van der Waals surface area contributed by atoms with Gasteiger partial charge in [0.25, 0.3) is 15.9 Å². The van der Waals surface area contributed by atoms with E-state index < -0.39 is 28.5 Å². The minimum Gasteiger partial charge on any atom is -0.495 e. The van der Waals surface area contributed by atoms with Crippen LogP contribution in [-0.2, 0) is 26.0 Å². The Kier molecular flexibility index (Phi) is 6.61. The van der Waals surface area contributed by atoms with Crippen molar-refractivity contribution < 1.29 is 27.5 Å². The number of para-hydroxylation sites is 1. The van der Waals surface area contributed by atoms with Crippen LogP contribution in [0.2, 0.25) is 0 Å². The third-order valence-corrected chi connectivity index (χ3v) is 6.58.